The number of hydrogen-bond acceptors (Lipinski definition) is 4. The highest BCUT2D eigenvalue weighted by molar-refractivity contribution is 7.99. The highest BCUT2D eigenvalue weighted by atomic mass is 35.5. The zero-order valence-corrected chi connectivity index (χ0v) is 20.0. The monoisotopic (exact) mass is 528 g/mol. The molecular weight excluding hydrogens is 509 g/mol. The van der Waals surface area contributed by atoms with Gasteiger partial charge in [0.25, 0.3) is 10.0 Å². The third kappa shape index (κ3) is 6.91. The highest BCUT2D eigenvalue weighted by Gasteiger charge is 2.33. The van der Waals surface area contributed by atoms with Crippen LogP contribution in [0, 0.1) is 0 Å². The fourth-order valence-electron chi connectivity index (χ4n) is 2.95. The van der Waals surface area contributed by atoms with E-state index in [-0.39, 0.29) is 17.1 Å². The van der Waals surface area contributed by atoms with Crippen LogP contribution in [-0.2, 0) is 21.0 Å². The van der Waals surface area contributed by atoms with Gasteiger partial charge in [-0.15, -0.1) is 11.8 Å². The van der Waals surface area contributed by atoms with Crippen molar-refractivity contribution in [3.63, 3.8) is 0 Å². The summed E-state index contributed by atoms with van der Waals surface area (Å²) in [5.41, 5.74) is -1.28. The number of nitrogens with zero attached hydrogens (tertiary/aromatic N) is 1. The summed E-state index contributed by atoms with van der Waals surface area (Å²) in [4.78, 5) is 13.4. The Morgan fingerprint density at radius 2 is 1.65 bits per heavy atom. The molecule has 11 heteroatoms. The smallest absolute Gasteiger partial charge is 0.354 e. The standard InChI is InChI=1S/C23H20ClF3N2O3S2/c24-18-9-11-20(12-10-18)33-14-13-28-22(30)16-29(34(31,32)21-7-2-1-3-8-21)19-6-4-5-17(15-19)23(25,26)27/h1-12,15H,13-14,16H2,(H,28,30). The molecule has 0 radical (unpaired) electrons. The summed E-state index contributed by atoms with van der Waals surface area (Å²) in [6.45, 7) is -0.446. The van der Waals surface area contributed by atoms with E-state index in [9.17, 15) is 26.4 Å². The average Bonchev–Trinajstić information content (AvgIpc) is 2.81. The molecular formula is C23H20ClF3N2O3S2. The molecule has 0 unspecified atom stereocenters. The number of carbonyl (C=O) groups is 1. The van der Waals surface area contributed by atoms with Gasteiger partial charge in [-0.1, -0.05) is 35.9 Å². The van der Waals surface area contributed by atoms with E-state index in [4.69, 9.17) is 11.6 Å². The van der Waals surface area contributed by atoms with Gasteiger partial charge in [-0.3, -0.25) is 9.10 Å². The van der Waals surface area contributed by atoms with Crippen LogP contribution in [0.2, 0.25) is 5.02 Å². The third-order valence-corrected chi connectivity index (χ3v) is 7.64. The van der Waals surface area contributed by atoms with Crippen molar-refractivity contribution < 1.29 is 26.4 Å². The summed E-state index contributed by atoms with van der Waals surface area (Å²) in [6, 6.07) is 18.2. The van der Waals surface area contributed by atoms with E-state index in [0.717, 1.165) is 17.0 Å². The molecule has 0 aliphatic carbocycles. The predicted molar refractivity (Wildman–Crippen MR) is 128 cm³/mol. The largest absolute Gasteiger partial charge is 0.416 e. The number of amides is 1. The van der Waals surface area contributed by atoms with E-state index in [0.29, 0.717) is 21.1 Å². The molecule has 0 spiro atoms. The molecule has 3 aromatic carbocycles. The number of alkyl halides is 3. The fraction of sp³-hybridized carbons (Fsp3) is 0.174. The van der Waals surface area contributed by atoms with Crippen LogP contribution in [0.15, 0.2) is 88.7 Å². The van der Waals surface area contributed by atoms with Crippen molar-refractivity contribution in [2.45, 2.75) is 16.0 Å². The van der Waals surface area contributed by atoms with Gasteiger partial charge in [0.05, 0.1) is 16.1 Å². The summed E-state index contributed by atoms with van der Waals surface area (Å²) < 4.78 is 66.8. The predicted octanol–water partition coefficient (Wildman–Crippen LogP) is 5.46. The molecule has 0 heterocycles. The lowest BCUT2D eigenvalue weighted by atomic mass is 10.2. The van der Waals surface area contributed by atoms with Crippen LogP contribution in [0.1, 0.15) is 5.56 Å². The number of thioether (sulfide) groups is 1. The Morgan fingerprint density at radius 3 is 2.29 bits per heavy atom. The maximum Gasteiger partial charge on any atom is 0.416 e. The van der Waals surface area contributed by atoms with E-state index in [2.05, 4.69) is 5.32 Å². The molecule has 0 atom stereocenters. The Balaban J connectivity index is 1.76. The quantitative estimate of drug-likeness (QED) is 0.296. The van der Waals surface area contributed by atoms with Crippen LogP contribution in [-0.4, -0.2) is 33.2 Å². The molecule has 180 valence electrons. The number of benzene rings is 3. The SMILES string of the molecule is O=C(CN(c1cccc(C(F)(F)F)c1)S(=O)(=O)c1ccccc1)NCCSc1ccc(Cl)cc1. The lowest BCUT2D eigenvalue weighted by Crippen LogP contribution is -2.41. The van der Waals surface area contributed by atoms with Gasteiger partial charge in [0.15, 0.2) is 0 Å². The van der Waals surface area contributed by atoms with Crippen LogP contribution < -0.4 is 9.62 Å². The first-order chi connectivity index (χ1) is 16.1. The van der Waals surface area contributed by atoms with Crippen molar-refractivity contribution in [3.8, 4) is 0 Å². The van der Waals surface area contributed by atoms with Crippen LogP contribution in [0.25, 0.3) is 0 Å². The van der Waals surface area contributed by atoms with Crippen molar-refractivity contribution in [3.05, 3.63) is 89.4 Å². The van der Waals surface area contributed by atoms with Crippen molar-refractivity contribution in [1.29, 1.82) is 0 Å². The zero-order valence-electron chi connectivity index (χ0n) is 17.6. The molecule has 0 aliphatic rings. The van der Waals surface area contributed by atoms with E-state index in [1.54, 1.807) is 18.2 Å². The minimum atomic E-state index is -4.67. The van der Waals surface area contributed by atoms with Crippen LogP contribution in [0.4, 0.5) is 18.9 Å². The first-order valence-electron chi connectivity index (χ1n) is 9.97. The topological polar surface area (TPSA) is 66.5 Å². The second-order valence-electron chi connectivity index (χ2n) is 7.03. The Kier molecular flexibility index (Phi) is 8.51. The average molecular weight is 529 g/mol. The Morgan fingerprint density at radius 1 is 0.971 bits per heavy atom. The molecule has 0 bridgehead atoms. The van der Waals surface area contributed by atoms with Crippen LogP contribution >= 0.6 is 23.4 Å². The van der Waals surface area contributed by atoms with E-state index >= 15 is 0 Å². The molecule has 3 rings (SSSR count). The molecule has 0 saturated heterocycles. The minimum absolute atomic E-state index is 0.140. The maximum absolute atomic E-state index is 13.2. The van der Waals surface area contributed by atoms with Gasteiger partial charge >= 0.3 is 6.18 Å². The molecule has 0 aliphatic heterocycles. The van der Waals surface area contributed by atoms with E-state index < -0.39 is 34.2 Å². The van der Waals surface area contributed by atoms with Crippen LogP contribution in [0.5, 0.6) is 0 Å². The maximum atomic E-state index is 13.2. The van der Waals surface area contributed by atoms with Crippen molar-refractivity contribution in [2.24, 2.45) is 0 Å². The van der Waals surface area contributed by atoms with Gasteiger partial charge in [0, 0.05) is 22.2 Å². The molecule has 0 saturated carbocycles. The summed E-state index contributed by atoms with van der Waals surface area (Å²) in [6.07, 6.45) is -4.67. The molecule has 0 fully saturated rings. The molecule has 1 amide bonds. The van der Waals surface area contributed by atoms with Gasteiger partial charge in [0.1, 0.15) is 6.54 Å². The minimum Gasteiger partial charge on any atom is -0.354 e. The number of sulfonamides is 1. The second-order valence-corrected chi connectivity index (χ2v) is 10.5. The van der Waals surface area contributed by atoms with E-state index in [1.165, 1.54) is 42.1 Å². The van der Waals surface area contributed by atoms with Gasteiger partial charge in [0.2, 0.25) is 5.91 Å². The van der Waals surface area contributed by atoms with Gasteiger partial charge in [-0.25, -0.2) is 8.42 Å². The molecule has 5 nitrogen and oxygen atoms in total. The lowest BCUT2D eigenvalue weighted by Gasteiger charge is -2.25. The summed E-state index contributed by atoms with van der Waals surface area (Å²) in [7, 11) is -4.30. The Hall–Kier alpha value is -2.69. The summed E-state index contributed by atoms with van der Waals surface area (Å²) in [5.74, 6) is -0.142. The summed E-state index contributed by atoms with van der Waals surface area (Å²) >= 11 is 7.31. The van der Waals surface area contributed by atoms with Gasteiger partial charge in [-0.05, 0) is 54.6 Å². The van der Waals surface area contributed by atoms with Gasteiger partial charge < -0.3 is 5.32 Å². The number of anilines is 1. The lowest BCUT2D eigenvalue weighted by molar-refractivity contribution is -0.137. The van der Waals surface area contributed by atoms with Crippen molar-refractivity contribution in [2.75, 3.05) is 23.1 Å². The third-order valence-electron chi connectivity index (χ3n) is 4.59. The molecule has 1 N–H and O–H groups in total. The first kappa shape index (κ1) is 25.9. The second kappa shape index (κ2) is 11.2. The number of halogens is 4. The molecule has 0 aromatic heterocycles. The fourth-order valence-corrected chi connectivity index (χ4v) is 5.28. The summed E-state index contributed by atoms with van der Waals surface area (Å²) in [5, 5.41) is 3.22. The number of rotatable bonds is 9. The van der Waals surface area contributed by atoms with Crippen molar-refractivity contribution in [1.82, 2.24) is 5.32 Å². The Bertz CT molecular complexity index is 1220. The molecule has 3 aromatic rings. The number of hydrogen-bond donors (Lipinski definition) is 1. The molecule has 34 heavy (non-hydrogen) atoms. The van der Waals surface area contributed by atoms with E-state index in [1.807, 2.05) is 12.1 Å². The Labute approximate surface area is 205 Å². The number of nitrogens with one attached hydrogen (secondary N) is 1. The highest BCUT2D eigenvalue weighted by Crippen LogP contribution is 2.33. The zero-order chi connectivity index (χ0) is 24.8. The van der Waals surface area contributed by atoms with Crippen molar-refractivity contribution >= 4 is 45.0 Å². The van der Waals surface area contributed by atoms with Gasteiger partial charge in [-0.2, -0.15) is 13.2 Å². The number of carbonyl (C=O) groups excluding carboxylic acids is 1. The normalized spacial score (nSPS) is 11.8. The first-order valence-corrected chi connectivity index (χ1v) is 12.8. The van der Waals surface area contributed by atoms with Crippen LogP contribution in [0.3, 0.4) is 0 Å².